The minimum absolute atomic E-state index is 0.170. The number of hydrogen-bond donors (Lipinski definition) is 1. The number of ether oxygens (including phenoxy) is 3. The molecule has 1 aromatic carbocycles. The molecule has 0 atom stereocenters. The van der Waals surface area contributed by atoms with Crippen molar-refractivity contribution in [3.8, 4) is 0 Å². The van der Waals surface area contributed by atoms with Crippen molar-refractivity contribution in [2.75, 3.05) is 13.2 Å². The lowest BCUT2D eigenvalue weighted by molar-refractivity contribution is -0.252. The van der Waals surface area contributed by atoms with Gasteiger partial charge in [0.25, 0.3) is 0 Å². The van der Waals surface area contributed by atoms with E-state index < -0.39 is 11.9 Å². The van der Waals surface area contributed by atoms with Crippen molar-refractivity contribution >= 4 is 6.09 Å². The van der Waals surface area contributed by atoms with Crippen molar-refractivity contribution < 1.29 is 19.0 Å². The van der Waals surface area contributed by atoms with Crippen LogP contribution in [-0.2, 0) is 20.8 Å². The summed E-state index contributed by atoms with van der Waals surface area (Å²) in [6.07, 6.45) is -0.458. The van der Waals surface area contributed by atoms with E-state index in [2.05, 4.69) is 5.32 Å². The number of nitrogens with one attached hydrogen (secondary N) is 1. The van der Waals surface area contributed by atoms with Gasteiger partial charge < -0.3 is 19.5 Å². The van der Waals surface area contributed by atoms with Gasteiger partial charge in [-0.2, -0.15) is 0 Å². The Morgan fingerprint density at radius 1 is 1.32 bits per heavy atom. The Morgan fingerprint density at radius 3 is 2.58 bits per heavy atom. The monoisotopic (exact) mass is 265 g/mol. The fourth-order valence-corrected chi connectivity index (χ4v) is 1.71. The zero-order chi connectivity index (χ0) is 13.7. The predicted octanol–water partition coefficient (Wildman–Crippen LogP) is 2.06. The highest BCUT2D eigenvalue weighted by Crippen LogP contribution is 2.16. The molecule has 2 rings (SSSR count). The van der Waals surface area contributed by atoms with Crippen LogP contribution in [-0.4, -0.2) is 31.1 Å². The maximum Gasteiger partial charge on any atom is 0.407 e. The van der Waals surface area contributed by atoms with E-state index in [9.17, 15) is 4.79 Å². The minimum Gasteiger partial charge on any atom is -0.445 e. The Morgan fingerprint density at radius 2 is 1.95 bits per heavy atom. The molecule has 1 aliphatic rings. The molecule has 1 fully saturated rings. The summed E-state index contributed by atoms with van der Waals surface area (Å²) in [5.41, 5.74) is 0.954. The minimum atomic E-state index is -0.577. The van der Waals surface area contributed by atoms with Crippen LogP contribution in [0.15, 0.2) is 30.3 Å². The Hall–Kier alpha value is -1.59. The van der Waals surface area contributed by atoms with Gasteiger partial charge in [-0.15, -0.1) is 0 Å². The highest BCUT2D eigenvalue weighted by atomic mass is 16.7. The van der Waals surface area contributed by atoms with Gasteiger partial charge in [-0.1, -0.05) is 30.3 Å². The molecule has 0 spiro atoms. The van der Waals surface area contributed by atoms with Gasteiger partial charge in [0.05, 0.1) is 19.3 Å². The second-order valence-corrected chi connectivity index (χ2v) is 4.92. The van der Waals surface area contributed by atoms with Crippen molar-refractivity contribution in [3.63, 3.8) is 0 Å². The molecule has 5 heteroatoms. The topological polar surface area (TPSA) is 56.8 Å². The van der Waals surface area contributed by atoms with Crippen molar-refractivity contribution in [1.29, 1.82) is 0 Å². The van der Waals surface area contributed by atoms with Gasteiger partial charge in [0.2, 0.25) is 0 Å². The Balaban J connectivity index is 1.70. The lowest BCUT2D eigenvalue weighted by atomic mass is 10.2. The Bertz CT molecular complexity index is 409. The smallest absolute Gasteiger partial charge is 0.407 e. The molecule has 0 saturated carbocycles. The molecule has 19 heavy (non-hydrogen) atoms. The SMILES string of the molecule is CC1(C)OCC(NC(=O)OCc2ccccc2)CO1. The van der Waals surface area contributed by atoms with Crippen molar-refractivity contribution in [2.45, 2.75) is 32.3 Å². The van der Waals surface area contributed by atoms with Crippen LogP contribution >= 0.6 is 0 Å². The van der Waals surface area contributed by atoms with Gasteiger partial charge >= 0.3 is 6.09 Å². The number of alkyl carbamates (subject to hydrolysis) is 1. The summed E-state index contributed by atoms with van der Waals surface area (Å²) < 4.78 is 16.0. The van der Waals surface area contributed by atoms with E-state index in [1.54, 1.807) is 0 Å². The first-order valence-corrected chi connectivity index (χ1v) is 6.30. The number of carbonyl (C=O) groups is 1. The third-order valence-corrected chi connectivity index (χ3v) is 2.80. The molecule has 5 nitrogen and oxygen atoms in total. The second kappa shape index (κ2) is 6.04. The molecule has 1 aliphatic heterocycles. The number of carbonyl (C=O) groups excluding carboxylic acids is 1. The summed E-state index contributed by atoms with van der Waals surface area (Å²) in [6.45, 7) is 4.79. The van der Waals surface area contributed by atoms with Gasteiger partial charge in [-0.3, -0.25) is 0 Å². The number of rotatable bonds is 3. The molecule has 0 bridgehead atoms. The van der Waals surface area contributed by atoms with Crippen LogP contribution in [0.4, 0.5) is 4.79 Å². The molecular weight excluding hydrogens is 246 g/mol. The first-order valence-electron chi connectivity index (χ1n) is 6.30. The molecule has 1 saturated heterocycles. The molecule has 0 aliphatic carbocycles. The largest absolute Gasteiger partial charge is 0.445 e. The van der Waals surface area contributed by atoms with E-state index >= 15 is 0 Å². The lowest BCUT2D eigenvalue weighted by Crippen LogP contribution is -2.50. The average Bonchev–Trinajstić information content (AvgIpc) is 2.40. The number of benzene rings is 1. The van der Waals surface area contributed by atoms with Gasteiger partial charge in [0.15, 0.2) is 5.79 Å². The maximum absolute atomic E-state index is 11.6. The van der Waals surface area contributed by atoms with Crippen LogP contribution in [0.5, 0.6) is 0 Å². The quantitative estimate of drug-likeness (QED) is 0.909. The van der Waals surface area contributed by atoms with Crippen LogP contribution in [0.25, 0.3) is 0 Å². The van der Waals surface area contributed by atoms with E-state index in [0.29, 0.717) is 13.2 Å². The lowest BCUT2D eigenvalue weighted by Gasteiger charge is -2.34. The summed E-state index contributed by atoms with van der Waals surface area (Å²) in [6, 6.07) is 9.37. The predicted molar refractivity (Wildman–Crippen MR) is 69.5 cm³/mol. The summed E-state index contributed by atoms with van der Waals surface area (Å²) in [5.74, 6) is -0.577. The standard InChI is InChI=1S/C14H19NO4/c1-14(2)18-9-12(10-19-14)15-13(16)17-8-11-6-4-3-5-7-11/h3-7,12H,8-10H2,1-2H3,(H,15,16). The van der Waals surface area contributed by atoms with E-state index in [1.165, 1.54) is 0 Å². The number of amides is 1. The highest BCUT2D eigenvalue weighted by molar-refractivity contribution is 5.67. The normalized spacial score (nSPS) is 18.8. The van der Waals surface area contributed by atoms with Gasteiger partial charge in [-0.25, -0.2) is 4.79 Å². The Labute approximate surface area is 112 Å². The van der Waals surface area contributed by atoms with Crippen LogP contribution in [0.1, 0.15) is 19.4 Å². The first-order chi connectivity index (χ1) is 9.05. The fourth-order valence-electron chi connectivity index (χ4n) is 1.71. The van der Waals surface area contributed by atoms with Crippen molar-refractivity contribution in [2.24, 2.45) is 0 Å². The van der Waals surface area contributed by atoms with E-state index in [1.807, 2.05) is 44.2 Å². The molecule has 0 radical (unpaired) electrons. The molecule has 1 N–H and O–H groups in total. The summed E-state index contributed by atoms with van der Waals surface area (Å²) in [5, 5.41) is 2.72. The molecule has 104 valence electrons. The van der Waals surface area contributed by atoms with Crippen molar-refractivity contribution in [1.82, 2.24) is 5.32 Å². The van der Waals surface area contributed by atoms with Crippen molar-refractivity contribution in [3.05, 3.63) is 35.9 Å². The van der Waals surface area contributed by atoms with Crippen LogP contribution < -0.4 is 5.32 Å². The zero-order valence-corrected chi connectivity index (χ0v) is 11.2. The van der Waals surface area contributed by atoms with Gasteiger partial charge in [0.1, 0.15) is 6.61 Å². The molecule has 0 aromatic heterocycles. The first kappa shape index (κ1) is 13.8. The molecule has 1 aromatic rings. The Kier molecular flexibility index (Phi) is 4.39. The van der Waals surface area contributed by atoms with Gasteiger partial charge in [-0.05, 0) is 19.4 Å². The molecule has 1 amide bonds. The second-order valence-electron chi connectivity index (χ2n) is 4.92. The highest BCUT2D eigenvalue weighted by Gasteiger charge is 2.29. The average molecular weight is 265 g/mol. The molecule has 1 heterocycles. The summed E-state index contributed by atoms with van der Waals surface area (Å²) in [4.78, 5) is 11.6. The van der Waals surface area contributed by atoms with E-state index in [4.69, 9.17) is 14.2 Å². The molecular formula is C14H19NO4. The fraction of sp³-hybridized carbons (Fsp3) is 0.500. The van der Waals surface area contributed by atoms with E-state index in [0.717, 1.165) is 5.56 Å². The van der Waals surface area contributed by atoms with Gasteiger partial charge in [0, 0.05) is 0 Å². The van der Waals surface area contributed by atoms with Crippen LogP contribution in [0.3, 0.4) is 0 Å². The summed E-state index contributed by atoms with van der Waals surface area (Å²) >= 11 is 0. The summed E-state index contributed by atoms with van der Waals surface area (Å²) in [7, 11) is 0. The zero-order valence-electron chi connectivity index (χ0n) is 11.2. The molecule has 0 unspecified atom stereocenters. The third kappa shape index (κ3) is 4.54. The maximum atomic E-state index is 11.6. The van der Waals surface area contributed by atoms with Crippen LogP contribution in [0.2, 0.25) is 0 Å². The number of hydrogen-bond acceptors (Lipinski definition) is 4. The van der Waals surface area contributed by atoms with E-state index in [-0.39, 0.29) is 12.6 Å². The van der Waals surface area contributed by atoms with Crippen LogP contribution in [0, 0.1) is 0 Å². The third-order valence-electron chi connectivity index (χ3n) is 2.80.